The first-order valence-electron chi connectivity index (χ1n) is 11.3. The summed E-state index contributed by atoms with van der Waals surface area (Å²) >= 11 is 0. The number of fused-ring (bicyclic) bond motifs is 1. The number of amides is 2. The van der Waals surface area contributed by atoms with Crippen LogP contribution in [0.2, 0.25) is 0 Å². The van der Waals surface area contributed by atoms with E-state index in [9.17, 15) is 9.59 Å². The summed E-state index contributed by atoms with van der Waals surface area (Å²) in [7, 11) is 1.60. The smallest absolute Gasteiger partial charge is 0.258 e. The number of rotatable bonds is 5. The molecule has 1 aliphatic heterocycles. The number of ether oxygens (including phenoxy) is 1. The maximum atomic E-state index is 13.5. The van der Waals surface area contributed by atoms with E-state index in [1.807, 2.05) is 60.4 Å². The molecule has 2 amide bonds. The molecule has 0 unspecified atom stereocenters. The van der Waals surface area contributed by atoms with Crippen molar-refractivity contribution in [2.75, 3.05) is 16.9 Å². The summed E-state index contributed by atoms with van der Waals surface area (Å²) in [6, 6.07) is 24.2. The van der Waals surface area contributed by atoms with Crippen LogP contribution in [0, 0.1) is 11.3 Å². The van der Waals surface area contributed by atoms with E-state index in [0.717, 1.165) is 22.5 Å². The summed E-state index contributed by atoms with van der Waals surface area (Å²) in [5.41, 5.74) is 4.00. The second kappa shape index (κ2) is 9.80. The molecule has 0 aromatic heterocycles. The van der Waals surface area contributed by atoms with Gasteiger partial charge in [-0.1, -0.05) is 30.3 Å². The van der Waals surface area contributed by atoms with Crippen LogP contribution in [-0.2, 0) is 11.2 Å². The van der Waals surface area contributed by atoms with Crippen molar-refractivity contribution in [3.8, 4) is 11.8 Å². The number of carbonyl (C=O) groups is 2. The van der Waals surface area contributed by atoms with E-state index < -0.39 is 0 Å². The van der Waals surface area contributed by atoms with E-state index in [4.69, 9.17) is 10.00 Å². The standard InChI is InChI=1S/C28H27N3O3/c1-19-18-27(31(20(2)32)23-12-8-21(9-13-23)16-17-29)25-6-4-5-7-26(25)30(19)28(33)22-10-14-24(34-3)15-11-22/h4-15,19,27H,16,18H2,1-3H3/t19-,27+/m1/s1. The lowest BCUT2D eigenvalue weighted by molar-refractivity contribution is -0.117. The van der Waals surface area contributed by atoms with Gasteiger partial charge in [-0.15, -0.1) is 0 Å². The second-order valence-corrected chi connectivity index (χ2v) is 8.45. The Labute approximate surface area is 200 Å². The van der Waals surface area contributed by atoms with Crippen molar-refractivity contribution in [1.82, 2.24) is 0 Å². The Morgan fingerprint density at radius 2 is 1.74 bits per heavy atom. The van der Waals surface area contributed by atoms with Gasteiger partial charge in [0.2, 0.25) is 5.91 Å². The van der Waals surface area contributed by atoms with Crippen LogP contribution in [0.15, 0.2) is 72.8 Å². The molecule has 6 heteroatoms. The predicted octanol–water partition coefficient (Wildman–Crippen LogP) is 5.29. The Morgan fingerprint density at radius 3 is 2.35 bits per heavy atom. The van der Waals surface area contributed by atoms with E-state index in [-0.39, 0.29) is 23.9 Å². The van der Waals surface area contributed by atoms with Gasteiger partial charge in [-0.25, -0.2) is 0 Å². The second-order valence-electron chi connectivity index (χ2n) is 8.45. The van der Waals surface area contributed by atoms with E-state index in [2.05, 4.69) is 6.07 Å². The minimum Gasteiger partial charge on any atom is -0.497 e. The van der Waals surface area contributed by atoms with Gasteiger partial charge < -0.3 is 14.5 Å². The van der Waals surface area contributed by atoms with E-state index in [0.29, 0.717) is 24.2 Å². The molecule has 0 bridgehead atoms. The molecule has 172 valence electrons. The zero-order valence-corrected chi connectivity index (χ0v) is 19.6. The largest absolute Gasteiger partial charge is 0.497 e. The third kappa shape index (κ3) is 4.38. The number of methoxy groups -OCH3 is 1. The highest BCUT2D eigenvalue weighted by Crippen LogP contribution is 2.42. The Bertz CT molecular complexity index is 1230. The zero-order valence-electron chi connectivity index (χ0n) is 19.6. The summed E-state index contributed by atoms with van der Waals surface area (Å²) < 4.78 is 5.22. The molecule has 3 aromatic carbocycles. The van der Waals surface area contributed by atoms with Crippen molar-refractivity contribution < 1.29 is 14.3 Å². The Hall–Kier alpha value is -4.11. The van der Waals surface area contributed by atoms with Crippen LogP contribution in [-0.4, -0.2) is 25.0 Å². The first-order valence-corrected chi connectivity index (χ1v) is 11.3. The van der Waals surface area contributed by atoms with Crippen molar-refractivity contribution >= 4 is 23.2 Å². The molecule has 0 saturated heterocycles. The van der Waals surface area contributed by atoms with Gasteiger partial charge in [0, 0.05) is 29.9 Å². The van der Waals surface area contributed by atoms with Crippen molar-refractivity contribution in [3.63, 3.8) is 0 Å². The molecule has 0 fully saturated rings. The van der Waals surface area contributed by atoms with Crippen LogP contribution in [0.5, 0.6) is 5.75 Å². The molecular weight excluding hydrogens is 426 g/mol. The van der Waals surface area contributed by atoms with Gasteiger partial charge in [-0.05, 0) is 66.9 Å². The minimum atomic E-state index is -0.217. The topological polar surface area (TPSA) is 73.6 Å². The molecule has 3 aromatic rings. The summed E-state index contributed by atoms with van der Waals surface area (Å²) in [4.78, 5) is 30.0. The van der Waals surface area contributed by atoms with E-state index >= 15 is 0 Å². The average Bonchev–Trinajstić information content (AvgIpc) is 2.85. The van der Waals surface area contributed by atoms with Crippen LogP contribution in [0.3, 0.4) is 0 Å². The number of hydrogen-bond acceptors (Lipinski definition) is 4. The summed E-state index contributed by atoms with van der Waals surface area (Å²) in [5.74, 6) is 0.535. The van der Waals surface area contributed by atoms with Gasteiger partial charge in [0.1, 0.15) is 5.75 Å². The minimum absolute atomic E-state index is 0.0741. The van der Waals surface area contributed by atoms with Crippen molar-refractivity contribution in [2.24, 2.45) is 0 Å². The summed E-state index contributed by atoms with van der Waals surface area (Å²) in [6.45, 7) is 3.57. The lowest BCUT2D eigenvalue weighted by Crippen LogP contribution is -2.47. The molecule has 1 heterocycles. The monoisotopic (exact) mass is 453 g/mol. The number of para-hydroxylation sites is 1. The molecule has 0 aliphatic carbocycles. The molecule has 34 heavy (non-hydrogen) atoms. The fourth-order valence-electron chi connectivity index (χ4n) is 4.66. The van der Waals surface area contributed by atoms with Crippen molar-refractivity contribution in [2.45, 2.75) is 38.8 Å². The van der Waals surface area contributed by atoms with Crippen LogP contribution < -0.4 is 14.5 Å². The fourth-order valence-corrected chi connectivity index (χ4v) is 4.66. The maximum Gasteiger partial charge on any atom is 0.258 e. The quantitative estimate of drug-likeness (QED) is 0.526. The van der Waals surface area contributed by atoms with E-state index in [1.54, 1.807) is 43.2 Å². The normalized spacial score (nSPS) is 16.8. The lowest BCUT2D eigenvalue weighted by Gasteiger charge is -2.43. The number of nitriles is 1. The van der Waals surface area contributed by atoms with Crippen molar-refractivity contribution in [1.29, 1.82) is 5.26 Å². The van der Waals surface area contributed by atoms with Gasteiger partial charge in [0.25, 0.3) is 5.91 Å². The molecule has 0 N–H and O–H groups in total. The van der Waals surface area contributed by atoms with Gasteiger partial charge >= 0.3 is 0 Å². The van der Waals surface area contributed by atoms with Crippen LogP contribution in [0.1, 0.15) is 47.8 Å². The van der Waals surface area contributed by atoms with Gasteiger partial charge in [-0.2, -0.15) is 5.26 Å². The number of anilines is 2. The molecule has 6 nitrogen and oxygen atoms in total. The fraction of sp³-hybridized carbons (Fsp3) is 0.250. The molecule has 0 radical (unpaired) electrons. The van der Waals surface area contributed by atoms with Crippen LogP contribution >= 0.6 is 0 Å². The molecule has 0 spiro atoms. The van der Waals surface area contributed by atoms with Crippen molar-refractivity contribution in [3.05, 3.63) is 89.5 Å². The first-order chi connectivity index (χ1) is 16.4. The average molecular weight is 454 g/mol. The number of hydrogen-bond donors (Lipinski definition) is 0. The third-order valence-corrected chi connectivity index (χ3v) is 6.26. The highest BCUT2D eigenvalue weighted by molar-refractivity contribution is 6.07. The Morgan fingerprint density at radius 1 is 1.06 bits per heavy atom. The van der Waals surface area contributed by atoms with Gasteiger partial charge in [-0.3, -0.25) is 9.59 Å². The summed E-state index contributed by atoms with van der Waals surface area (Å²) in [6.07, 6.45) is 0.921. The predicted molar refractivity (Wildman–Crippen MR) is 132 cm³/mol. The molecule has 0 saturated carbocycles. The molecule has 2 atom stereocenters. The van der Waals surface area contributed by atoms with Crippen LogP contribution in [0.4, 0.5) is 11.4 Å². The third-order valence-electron chi connectivity index (χ3n) is 6.26. The number of carbonyl (C=O) groups excluding carboxylic acids is 2. The zero-order chi connectivity index (χ0) is 24.2. The molecule has 1 aliphatic rings. The molecule has 4 rings (SSSR count). The summed E-state index contributed by atoms with van der Waals surface area (Å²) in [5, 5.41) is 8.95. The Balaban J connectivity index is 1.72. The maximum absolute atomic E-state index is 13.5. The number of benzene rings is 3. The molecular formula is C28H27N3O3. The van der Waals surface area contributed by atoms with Crippen LogP contribution in [0.25, 0.3) is 0 Å². The Kier molecular flexibility index (Phi) is 6.65. The SMILES string of the molecule is COc1ccc(C(=O)N2c3ccccc3[C@@H](N(C(C)=O)c3ccc(CC#N)cc3)C[C@H]2C)cc1. The first kappa shape index (κ1) is 23.1. The highest BCUT2D eigenvalue weighted by atomic mass is 16.5. The van der Waals surface area contributed by atoms with Gasteiger partial charge in [0.05, 0.1) is 25.6 Å². The van der Waals surface area contributed by atoms with E-state index in [1.165, 1.54) is 0 Å². The highest BCUT2D eigenvalue weighted by Gasteiger charge is 2.38. The number of nitrogens with zero attached hydrogens (tertiary/aromatic N) is 3. The lowest BCUT2D eigenvalue weighted by atomic mass is 9.89. The van der Waals surface area contributed by atoms with Gasteiger partial charge in [0.15, 0.2) is 0 Å².